The molecule has 0 spiro atoms. The Morgan fingerprint density at radius 3 is 2.36 bits per heavy atom. The Bertz CT molecular complexity index is 534. The average Bonchev–Trinajstić information content (AvgIpc) is 3.29. The standard InChI is InChI=1S/C20H32N4.HI/c1-17(18-10-4-3-5-11-18)23-20(12-6-7-13-20)16-22-19(21-2)24-14-8-9-15-24;/h3-5,10-11,17,23H,6-9,12-16H2,1-2H3,(H,21,22);1H. The Morgan fingerprint density at radius 1 is 1.12 bits per heavy atom. The molecule has 0 aromatic heterocycles. The second-order valence-corrected chi connectivity index (χ2v) is 7.36. The van der Waals surface area contributed by atoms with Crippen LogP contribution in [0.3, 0.4) is 0 Å². The van der Waals surface area contributed by atoms with Gasteiger partial charge in [-0.25, -0.2) is 0 Å². The van der Waals surface area contributed by atoms with Crippen LogP contribution in [-0.4, -0.2) is 43.1 Å². The molecule has 1 unspecified atom stereocenters. The van der Waals surface area contributed by atoms with E-state index in [1.165, 1.54) is 44.1 Å². The lowest BCUT2D eigenvalue weighted by molar-refractivity contribution is 0.293. The van der Waals surface area contributed by atoms with Crippen molar-refractivity contribution in [1.29, 1.82) is 0 Å². The molecule has 1 heterocycles. The van der Waals surface area contributed by atoms with Crippen LogP contribution in [0.1, 0.15) is 57.1 Å². The van der Waals surface area contributed by atoms with Crippen LogP contribution >= 0.6 is 24.0 Å². The van der Waals surface area contributed by atoms with Gasteiger partial charge in [-0.05, 0) is 38.2 Å². The molecule has 1 saturated carbocycles. The fourth-order valence-electron chi connectivity index (χ4n) is 4.22. The average molecular weight is 456 g/mol. The molecule has 0 bridgehead atoms. The van der Waals surface area contributed by atoms with Crippen molar-refractivity contribution in [3.8, 4) is 0 Å². The first kappa shape index (κ1) is 20.5. The van der Waals surface area contributed by atoms with Crippen molar-refractivity contribution in [2.75, 3.05) is 26.7 Å². The van der Waals surface area contributed by atoms with Gasteiger partial charge in [-0.1, -0.05) is 43.2 Å². The van der Waals surface area contributed by atoms with Crippen LogP contribution in [0.15, 0.2) is 35.3 Å². The Labute approximate surface area is 169 Å². The highest BCUT2D eigenvalue weighted by molar-refractivity contribution is 14.0. The first-order chi connectivity index (χ1) is 11.7. The van der Waals surface area contributed by atoms with E-state index in [0.717, 1.165) is 25.6 Å². The van der Waals surface area contributed by atoms with Gasteiger partial charge in [0.15, 0.2) is 5.96 Å². The highest BCUT2D eigenvalue weighted by atomic mass is 127. The fraction of sp³-hybridized carbons (Fsp3) is 0.650. The number of halogens is 1. The summed E-state index contributed by atoms with van der Waals surface area (Å²) >= 11 is 0. The van der Waals surface area contributed by atoms with Crippen LogP contribution in [-0.2, 0) is 0 Å². The summed E-state index contributed by atoms with van der Waals surface area (Å²) in [7, 11) is 1.90. The Morgan fingerprint density at radius 2 is 1.76 bits per heavy atom. The van der Waals surface area contributed by atoms with Gasteiger partial charge < -0.3 is 15.5 Å². The van der Waals surface area contributed by atoms with Crippen molar-refractivity contribution in [3.63, 3.8) is 0 Å². The minimum Gasteiger partial charge on any atom is -0.354 e. The van der Waals surface area contributed by atoms with E-state index >= 15 is 0 Å². The molecule has 0 amide bonds. The van der Waals surface area contributed by atoms with Crippen LogP contribution in [0.25, 0.3) is 0 Å². The van der Waals surface area contributed by atoms with Crippen LogP contribution in [0, 0.1) is 0 Å². The predicted octanol–water partition coefficient (Wildman–Crippen LogP) is 3.94. The first-order valence-corrected chi connectivity index (χ1v) is 9.51. The van der Waals surface area contributed by atoms with Crippen molar-refractivity contribution in [3.05, 3.63) is 35.9 Å². The van der Waals surface area contributed by atoms with Gasteiger partial charge >= 0.3 is 0 Å². The van der Waals surface area contributed by atoms with Gasteiger partial charge in [0.2, 0.25) is 0 Å². The molecule has 2 N–H and O–H groups in total. The predicted molar refractivity (Wildman–Crippen MR) is 117 cm³/mol. The summed E-state index contributed by atoms with van der Waals surface area (Å²) in [5.74, 6) is 1.08. The van der Waals surface area contributed by atoms with Gasteiger partial charge in [0.1, 0.15) is 0 Å². The normalized spacial score (nSPS) is 21.0. The molecular formula is C20H33IN4. The fourth-order valence-corrected chi connectivity index (χ4v) is 4.22. The maximum atomic E-state index is 4.50. The number of nitrogens with one attached hydrogen (secondary N) is 2. The zero-order chi connectivity index (χ0) is 16.8. The number of hydrogen-bond donors (Lipinski definition) is 2. The highest BCUT2D eigenvalue weighted by Gasteiger charge is 2.35. The summed E-state index contributed by atoms with van der Waals surface area (Å²) in [6.07, 6.45) is 7.70. The zero-order valence-electron chi connectivity index (χ0n) is 15.6. The molecule has 1 aromatic rings. The maximum absolute atomic E-state index is 4.50. The van der Waals surface area contributed by atoms with Crippen LogP contribution < -0.4 is 10.6 Å². The topological polar surface area (TPSA) is 39.7 Å². The van der Waals surface area contributed by atoms with E-state index in [2.05, 4.69) is 57.8 Å². The molecule has 0 radical (unpaired) electrons. The number of aliphatic imine (C=N–C) groups is 1. The van der Waals surface area contributed by atoms with Gasteiger partial charge in [0.05, 0.1) is 0 Å². The van der Waals surface area contributed by atoms with Gasteiger partial charge in [0.25, 0.3) is 0 Å². The molecule has 2 fully saturated rings. The molecule has 4 nitrogen and oxygen atoms in total. The zero-order valence-corrected chi connectivity index (χ0v) is 18.0. The molecule has 1 aliphatic carbocycles. The minimum atomic E-state index is 0. The van der Waals surface area contributed by atoms with Crippen LogP contribution in [0.4, 0.5) is 0 Å². The van der Waals surface area contributed by atoms with Crippen molar-refractivity contribution < 1.29 is 0 Å². The van der Waals surface area contributed by atoms with Gasteiger partial charge in [-0.2, -0.15) is 0 Å². The number of likely N-dealkylation sites (tertiary alicyclic amines) is 1. The summed E-state index contributed by atoms with van der Waals surface area (Å²) in [6, 6.07) is 11.2. The third kappa shape index (κ3) is 5.33. The van der Waals surface area contributed by atoms with Crippen LogP contribution in [0.5, 0.6) is 0 Å². The summed E-state index contributed by atoms with van der Waals surface area (Å²) < 4.78 is 0. The van der Waals surface area contributed by atoms with Crippen molar-refractivity contribution in [2.45, 2.75) is 57.0 Å². The van der Waals surface area contributed by atoms with Gasteiger partial charge in [-0.15, -0.1) is 24.0 Å². The van der Waals surface area contributed by atoms with Crippen molar-refractivity contribution >= 4 is 29.9 Å². The summed E-state index contributed by atoms with van der Waals surface area (Å²) in [6.45, 7) is 5.53. The monoisotopic (exact) mass is 456 g/mol. The molecule has 1 saturated heterocycles. The highest BCUT2D eigenvalue weighted by Crippen LogP contribution is 2.32. The largest absolute Gasteiger partial charge is 0.354 e. The lowest BCUT2D eigenvalue weighted by Gasteiger charge is -2.35. The molecule has 2 aliphatic rings. The second kappa shape index (κ2) is 9.76. The number of nitrogens with zero attached hydrogens (tertiary/aromatic N) is 2. The third-order valence-corrected chi connectivity index (χ3v) is 5.59. The Balaban J connectivity index is 0.00000225. The number of hydrogen-bond acceptors (Lipinski definition) is 2. The van der Waals surface area contributed by atoms with E-state index in [1.54, 1.807) is 0 Å². The van der Waals surface area contributed by atoms with E-state index in [0.29, 0.717) is 6.04 Å². The van der Waals surface area contributed by atoms with Crippen LogP contribution in [0.2, 0.25) is 0 Å². The summed E-state index contributed by atoms with van der Waals surface area (Å²) in [5.41, 5.74) is 1.55. The molecule has 3 rings (SSSR count). The molecule has 1 atom stereocenters. The van der Waals surface area contributed by atoms with Crippen molar-refractivity contribution in [1.82, 2.24) is 15.5 Å². The maximum Gasteiger partial charge on any atom is 0.193 e. The quantitative estimate of drug-likeness (QED) is 0.401. The Kier molecular flexibility index (Phi) is 8.00. The van der Waals surface area contributed by atoms with E-state index in [1.807, 2.05) is 7.05 Å². The molecule has 140 valence electrons. The van der Waals surface area contributed by atoms with E-state index < -0.39 is 0 Å². The molecule has 1 aromatic carbocycles. The summed E-state index contributed by atoms with van der Waals surface area (Å²) in [4.78, 5) is 6.90. The minimum absolute atomic E-state index is 0. The molecular weight excluding hydrogens is 423 g/mol. The number of guanidine groups is 1. The third-order valence-electron chi connectivity index (χ3n) is 5.59. The number of rotatable bonds is 5. The first-order valence-electron chi connectivity index (χ1n) is 9.51. The smallest absolute Gasteiger partial charge is 0.193 e. The van der Waals surface area contributed by atoms with Gasteiger partial charge in [-0.3, -0.25) is 4.99 Å². The van der Waals surface area contributed by atoms with E-state index in [4.69, 9.17) is 0 Å². The molecule has 1 aliphatic heterocycles. The molecule has 25 heavy (non-hydrogen) atoms. The SMILES string of the molecule is CN=C(NCC1(NC(C)c2ccccc2)CCCC1)N1CCCC1.I. The van der Waals surface area contributed by atoms with Crippen molar-refractivity contribution in [2.24, 2.45) is 4.99 Å². The van der Waals surface area contributed by atoms with E-state index in [-0.39, 0.29) is 29.5 Å². The van der Waals surface area contributed by atoms with Gasteiger partial charge in [0, 0.05) is 38.3 Å². The lowest BCUT2D eigenvalue weighted by Crippen LogP contribution is -2.54. The lowest BCUT2D eigenvalue weighted by atomic mass is 9.94. The summed E-state index contributed by atoms with van der Waals surface area (Å²) in [5, 5.41) is 7.61. The Hall–Kier alpha value is -0.820. The second-order valence-electron chi connectivity index (χ2n) is 7.36. The van der Waals surface area contributed by atoms with E-state index in [9.17, 15) is 0 Å². The molecule has 5 heteroatoms. The number of benzene rings is 1.